The monoisotopic (exact) mass is 552 g/mol. The van der Waals surface area contributed by atoms with Gasteiger partial charge in [0.25, 0.3) is 0 Å². The molecule has 0 spiro atoms. The number of hydrogen-bond donors (Lipinski definition) is 0. The molecule has 0 aromatic carbocycles. The number of oxime groups is 2. The molecular weight excluding hydrogens is 524 g/mol. The molecular formula is C30H28N6O5. The molecule has 4 aromatic heterocycles. The van der Waals surface area contributed by atoms with Gasteiger partial charge in [0, 0.05) is 47.0 Å². The van der Waals surface area contributed by atoms with Crippen LogP contribution in [0.2, 0.25) is 0 Å². The van der Waals surface area contributed by atoms with Crippen molar-refractivity contribution < 1.29 is 23.9 Å². The van der Waals surface area contributed by atoms with Gasteiger partial charge >= 0.3 is 0 Å². The Morgan fingerprint density at radius 3 is 1.02 bits per heavy atom. The Balaban J connectivity index is 0.817. The van der Waals surface area contributed by atoms with Crippen LogP contribution >= 0.6 is 0 Å². The van der Waals surface area contributed by atoms with Gasteiger partial charge in [-0.3, -0.25) is 19.9 Å². The lowest BCUT2D eigenvalue weighted by atomic mass is 10.1. The highest BCUT2D eigenvalue weighted by atomic mass is 16.6. The SMILES string of the molecule is c1cnc2c(c1)C(=NOCCOCCOCCOCCON=C1c3cccnc3-c3ncccc31)c1cccnc1-2. The lowest BCUT2D eigenvalue weighted by molar-refractivity contribution is -0.0102. The van der Waals surface area contributed by atoms with Crippen molar-refractivity contribution in [2.45, 2.75) is 0 Å². The fourth-order valence-corrected chi connectivity index (χ4v) is 4.58. The molecule has 4 aromatic rings. The third kappa shape index (κ3) is 5.97. The average molecular weight is 553 g/mol. The maximum atomic E-state index is 5.57. The third-order valence-electron chi connectivity index (χ3n) is 6.39. The van der Waals surface area contributed by atoms with Crippen LogP contribution in [0.25, 0.3) is 22.8 Å². The highest BCUT2D eigenvalue weighted by Crippen LogP contribution is 2.34. The van der Waals surface area contributed by atoms with Gasteiger partial charge in [-0.15, -0.1) is 0 Å². The number of pyridine rings is 4. The van der Waals surface area contributed by atoms with Crippen LogP contribution in [0.15, 0.2) is 83.6 Å². The number of nitrogens with zero attached hydrogens (tertiary/aromatic N) is 6. The number of hydrogen-bond acceptors (Lipinski definition) is 11. The minimum atomic E-state index is 0.326. The van der Waals surface area contributed by atoms with Crippen LogP contribution in [0.5, 0.6) is 0 Å². The van der Waals surface area contributed by atoms with Crippen LogP contribution < -0.4 is 0 Å². The Kier molecular flexibility index (Phi) is 8.56. The minimum absolute atomic E-state index is 0.326. The van der Waals surface area contributed by atoms with E-state index in [0.717, 1.165) is 56.5 Å². The first kappa shape index (κ1) is 26.6. The molecule has 0 atom stereocenters. The van der Waals surface area contributed by atoms with Gasteiger partial charge in [0.1, 0.15) is 24.6 Å². The molecule has 41 heavy (non-hydrogen) atoms. The van der Waals surface area contributed by atoms with Gasteiger partial charge in [-0.2, -0.15) is 0 Å². The molecule has 6 rings (SSSR count). The van der Waals surface area contributed by atoms with Gasteiger partial charge in [0.15, 0.2) is 0 Å². The van der Waals surface area contributed by atoms with Gasteiger partial charge in [-0.05, 0) is 48.5 Å². The van der Waals surface area contributed by atoms with E-state index in [1.807, 2.05) is 48.5 Å². The van der Waals surface area contributed by atoms with Crippen LogP contribution in [0, 0.1) is 0 Å². The first-order valence-electron chi connectivity index (χ1n) is 13.4. The van der Waals surface area contributed by atoms with Gasteiger partial charge in [-0.1, -0.05) is 10.3 Å². The Labute approximate surface area is 236 Å². The van der Waals surface area contributed by atoms with E-state index in [4.69, 9.17) is 23.9 Å². The molecule has 0 saturated heterocycles. The second-order valence-corrected chi connectivity index (χ2v) is 8.98. The first-order valence-corrected chi connectivity index (χ1v) is 13.4. The van der Waals surface area contributed by atoms with Crippen LogP contribution in [-0.2, 0) is 23.9 Å². The zero-order valence-electron chi connectivity index (χ0n) is 22.3. The number of fused-ring (bicyclic) bond motifs is 6. The minimum Gasteiger partial charge on any atom is -0.393 e. The average Bonchev–Trinajstić information content (AvgIpc) is 3.52. The summed E-state index contributed by atoms with van der Waals surface area (Å²) >= 11 is 0. The van der Waals surface area contributed by atoms with Gasteiger partial charge < -0.3 is 23.9 Å². The van der Waals surface area contributed by atoms with Crippen molar-refractivity contribution >= 4 is 11.4 Å². The quantitative estimate of drug-likeness (QED) is 0.148. The van der Waals surface area contributed by atoms with Gasteiger partial charge in [0.05, 0.1) is 62.4 Å². The standard InChI is InChI=1S/C30H28N6O5/c1-5-21-25(22-6-2-10-32-28(22)27(21)31-9-1)35-40-19-17-38-15-13-37-14-16-39-18-20-41-36-26-23-7-3-11-33-29(23)30-24(26)8-4-12-34-30/h1-12H,13-20H2. The molecule has 0 bridgehead atoms. The molecule has 208 valence electrons. The van der Waals surface area contributed by atoms with Crippen molar-refractivity contribution in [3.63, 3.8) is 0 Å². The molecule has 0 N–H and O–H groups in total. The normalized spacial score (nSPS) is 12.4. The fourth-order valence-electron chi connectivity index (χ4n) is 4.58. The van der Waals surface area contributed by atoms with E-state index < -0.39 is 0 Å². The zero-order valence-corrected chi connectivity index (χ0v) is 22.3. The maximum Gasteiger partial charge on any atom is 0.140 e. The first-order chi connectivity index (χ1) is 20.4. The van der Waals surface area contributed by atoms with Crippen LogP contribution in [0.3, 0.4) is 0 Å². The number of ether oxygens (including phenoxy) is 3. The van der Waals surface area contributed by atoms with Crippen molar-refractivity contribution in [2.24, 2.45) is 10.3 Å². The summed E-state index contributed by atoms with van der Waals surface area (Å²) in [6, 6.07) is 15.4. The van der Waals surface area contributed by atoms with Gasteiger partial charge in [-0.25, -0.2) is 0 Å². The summed E-state index contributed by atoms with van der Waals surface area (Å²) in [5.41, 5.74) is 8.42. The Hall–Kier alpha value is -4.58. The lowest BCUT2D eigenvalue weighted by Gasteiger charge is -2.07. The molecule has 4 heterocycles. The second kappa shape index (κ2) is 13.2. The summed E-state index contributed by atoms with van der Waals surface area (Å²) in [7, 11) is 0. The summed E-state index contributed by atoms with van der Waals surface area (Å²) in [5.74, 6) is 0. The van der Waals surface area contributed by atoms with E-state index >= 15 is 0 Å². The van der Waals surface area contributed by atoms with E-state index in [2.05, 4.69) is 30.2 Å². The largest absolute Gasteiger partial charge is 0.393 e. The molecule has 11 heteroatoms. The molecule has 0 saturated carbocycles. The Morgan fingerprint density at radius 1 is 0.415 bits per heavy atom. The molecule has 0 amide bonds. The van der Waals surface area contributed by atoms with Crippen LogP contribution in [0.4, 0.5) is 0 Å². The Morgan fingerprint density at radius 2 is 0.707 bits per heavy atom. The van der Waals surface area contributed by atoms with Crippen molar-refractivity contribution in [3.05, 3.63) is 95.6 Å². The van der Waals surface area contributed by atoms with Crippen LogP contribution in [0.1, 0.15) is 22.3 Å². The highest BCUT2D eigenvalue weighted by molar-refractivity contribution is 6.23. The highest BCUT2D eigenvalue weighted by Gasteiger charge is 2.28. The summed E-state index contributed by atoms with van der Waals surface area (Å²) in [6.07, 6.45) is 7.00. The van der Waals surface area contributed by atoms with Crippen LogP contribution in [-0.4, -0.2) is 84.2 Å². The number of rotatable bonds is 14. The summed E-state index contributed by atoms with van der Waals surface area (Å²) in [6.45, 7) is 3.27. The maximum absolute atomic E-state index is 5.57. The molecule has 0 aliphatic heterocycles. The molecule has 0 fully saturated rings. The molecule has 2 aliphatic carbocycles. The van der Waals surface area contributed by atoms with Crippen molar-refractivity contribution in [3.8, 4) is 22.8 Å². The van der Waals surface area contributed by atoms with E-state index in [-0.39, 0.29) is 0 Å². The Bertz CT molecular complexity index is 1350. The zero-order chi connectivity index (χ0) is 27.7. The molecule has 11 nitrogen and oxygen atoms in total. The van der Waals surface area contributed by atoms with Crippen molar-refractivity contribution in [1.29, 1.82) is 0 Å². The smallest absolute Gasteiger partial charge is 0.140 e. The topological polar surface area (TPSA) is 122 Å². The molecule has 2 aliphatic rings. The summed E-state index contributed by atoms with van der Waals surface area (Å²) in [4.78, 5) is 28.8. The van der Waals surface area contributed by atoms with E-state index in [1.54, 1.807) is 24.8 Å². The molecule has 0 radical (unpaired) electrons. The number of aromatic nitrogens is 4. The fraction of sp³-hybridized carbons (Fsp3) is 0.267. The lowest BCUT2D eigenvalue weighted by Crippen LogP contribution is -2.13. The van der Waals surface area contributed by atoms with Gasteiger partial charge in [0.2, 0.25) is 0 Å². The summed E-state index contributed by atoms with van der Waals surface area (Å²) in [5, 5.41) is 8.64. The van der Waals surface area contributed by atoms with Crippen molar-refractivity contribution in [1.82, 2.24) is 19.9 Å². The van der Waals surface area contributed by atoms with E-state index in [0.29, 0.717) is 52.9 Å². The predicted octanol–water partition coefficient (Wildman–Crippen LogP) is 3.52. The van der Waals surface area contributed by atoms with Crippen molar-refractivity contribution in [2.75, 3.05) is 52.9 Å². The van der Waals surface area contributed by atoms with E-state index in [9.17, 15) is 0 Å². The summed E-state index contributed by atoms with van der Waals surface area (Å²) < 4.78 is 16.7. The predicted molar refractivity (Wildman–Crippen MR) is 151 cm³/mol. The van der Waals surface area contributed by atoms with E-state index in [1.165, 1.54) is 0 Å². The second-order valence-electron chi connectivity index (χ2n) is 8.98. The third-order valence-corrected chi connectivity index (χ3v) is 6.39. The molecule has 0 unspecified atom stereocenters.